The molecule has 0 unspecified atom stereocenters. The molecule has 9 heteroatoms. The maximum atomic E-state index is 12.0. The van der Waals surface area contributed by atoms with Crippen molar-refractivity contribution in [3.05, 3.63) is 52.1 Å². The number of fused-ring (bicyclic) bond motifs is 1. The van der Waals surface area contributed by atoms with E-state index in [2.05, 4.69) is 10.3 Å². The maximum Gasteiger partial charge on any atom is 0.272 e. The van der Waals surface area contributed by atoms with E-state index in [1.54, 1.807) is 20.1 Å². The van der Waals surface area contributed by atoms with Gasteiger partial charge in [0.05, 0.1) is 22.2 Å². The first-order chi connectivity index (χ1) is 12.5. The monoisotopic (exact) mass is 373 g/mol. The van der Waals surface area contributed by atoms with E-state index in [0.717, 1.165) is 16.0 Å². The second-order valence-electron chi connectivity index (χ2n) is 5.39. The first-order valence-corrected chi connectivity index (χ1v) is 8.40. The second kappa shape index (κ2) is 7.36. The number of nitro benzene ring substituents is 1. The standard InChI is InChI=1S/C17H15N3O5S/c1-10-7-12(4-6-14(10)20(22)23)25-9-16(21)19-17-18-13-5-3-11(24-2)8-15(13)26-17/h3-8H,9H2,1-2H3,(H,18,19,21). The number of hydrogen-bond donors (Lipinski definition) is 1. The van der Waals surface area contributed by atoms with Crippen molar-refractivity contribution in [3.63, 3.8) is 0 Å². The zero-order chi connectivity index (χ0) is 18.7. The molecule has 1 heterocycles. The van der Waals surface area contributed by atoms with Gasteiger partial charge < -0.3 is 9.47 Å². The van der Waals surface area contributed by atoms with Crippen molar-refractivity contribution in [2.45, 2.75) is 6.92 Å². The number of aromatic nitrogens is 1. The number of benzene rings is 2. The number of nitrogens with one attached hydrogen (secondary N) is 1. The van der Waals surface area contributed by atoms with Crippen molar-refractivity contribution < 1.29 is 19.2 Å². The number of carbonyl (C=O) groups excluding carboxylic acids is 1. The molecule has 0 saturated carbocycles. The number of rotatable bonds is 6. The predicted octanol–water partition coefficient (Wildman–Crippen LogP) is 3.54. The molecule has 0 aliphatic rings. The number of ether oxygens (including phenoxy) is 2. The summed E-state index contributed by atoms with van der Waals surface area (Å²) in [5.74, 6) is 0.736. The van der Waals surface area contributed by atoms with Crippen LogP contribution in [0.15, 0.2) is 36.4 Å². The van der Waals surface area contributed by atoms with E-state index in [1.165, 1.54) is 29.5 Å². The van der Waals surface area contributed by atoms with Crippen LogP contribution in [0.2, 0.25) is 0 Å². The third-order valence-electron chi connectivity index (χ3n) is 3.58. The van der Waals surface area contributed by atoms with E-state index in [1.807, 2.05) is 12.1 Å². The Morgan fingerprint density at radius 3 is 2.73 bits per heavy atom. The highest BCUT2D eigenvalue weighted by atomic mass is 32.1. The maximum absolute atomic E-state index is 12.0. The third-order valence-corrected chi connectivity index (χ3v) is 4.51. The molecule has 0 fully saturated rings. The first kappa shape index (κ1) is 17.6. The molecule has 1 N–H and O–H groups in total. The van der Waals surface area contributed by atoms with E-state index >= 15 is 0 Å². The van der Waals surface area contributed by atoms with Crippen molar-refractivity contribution in [2.75, 3.05) is 19.0 Å². The zero-order valence-corrected chi connectivity index (χ0v) is 14.8. The van der Waals surface area contributed by atoms with Gasteiger partial charge in [0.2, 0.25) is 0 Å². The molecule has 0 aliphatic carbocycles. The Bertz CT molecular complexity index is 986. The Morgan fingerprint density at radius 1 is 1.27 bits per heavy atom. The molecule has 1 aromatic heterocycles. The fourth-order valence-electron chi connectivity index (χ4n) is 2.31. The van der Waals surface area contributed by atoms with Gasteiger partial charge in [-0.05, 0) is 37.3 Å². The smallest absolute Gasteiger partial charge is 0.272 e. The normalized spacial score (nSPS) is 10.5. The fraction of sp³-hybridized carbons (Fsp3) is 0.176. The van der Waals surface area contributed by atoms with Gasteiger partial charge in [-0.2, -0.15) is 0 Å². The average Bonchev–Trinajstić information content (AvgIpc) is 3.00. The van der Waals surface area contributed by atoms with Crippen LogP contribution in [-0.2, 0) is 4.79 Å². The molecule has 0 saturated heterocycles. The second-order valence-corrected chi connectivity index (χ2v) is 6.43. The highest BCUT2D eigenvalue weighted by Crippen LogP contribution is 2.29. The van der Waals surface area contributed by atoms with Crippen LogP contribution in [0.3, 0.4) is 0 Å². The summed E-state index contributed by atoms with van der Waals surface area (Å²) in [7, 11) is 1.59. The number of nitro groups is 1. The van der Waals surface area contributed by atoms with Gasteiger partial charge in [0, 0.05) is 11.6 Å². The number of hydrogen-bond acceptors (Lipinski definition) is 7. The zero-order valence-electron chi connectivity index (χ0n) is 14.0. The summed E-state index contributed by atoms with van der Waals surface area (Å²) in [4.78, 5) is 26.7. The first-order valence-electron chi connectivity index (χ1n) is 7.58. The van der Waals surface area contributed by atoms with Crippen LogP contribution in [0, 0.1) is 17.0 Å². The minimum absolute atomic E-state index is 0.00621. The lowest BCUT2D eigenvalue weighted by Crippen LogP contribution is -2.20. The van der Waals surface area contributed by atoms with Crippen LogP contribution in [0.4, 0.5) is 10.8 Å². The van der Waals surface area contributed by atoms with Crippen LogP contribution in [-0.4, -0.2) is 29.5 Å². The van der Waals surface area contributed by atoms with E-state index in [0.29, 0.717) is 16.4 Å². The van der Waals surface area contributed by atoms with E-state index in [4.69, 9.17) is 9.47 Å². The Hall–Kier alpha value is -3.20. The Labute approximate surface area is 152 Å². The summed E-state index contributed by atoms with van der Waals surface area (Å²) in [5, 5.41) is 13.9. The van der Waals surface area contributed by atoms with Gasteiger partial charge in [0.15, 0.2) is 11.7 Å². The molecule has 8 nitrogen and oxygen atoms in total. The van der Waals surface area contributed by atoms with E-state index in [9.17, 15) is 14.9 Å². The van der Waals surface area contributed by atoms with Crippen molar-refractivity contribution >= 4 is 38.3 Å². The van der Waals surface area contributed by atoms with Crippen molar-refractivity contribution in [1.29, 1.82) is 0 Å². The number of amides is 1. The minimum atomic E-state index is -0.464. The van der Waals surface area contributed by atoms with Gasteiger partial charge in [-0.3, -0.25) is 20.2 Å². The van der Waals surface area contributed by atoms with Crippen LogP contribution < -0.4 is 14.8 Å². The van der Waals surface area contributed by atoms with Gasteiger partial charge in [-0.15, -0.1) is 0 Å². The fourth-order valence-corrected chi connectivity index (χ4v) is 3.22. The molecule has 3 aromatic rings. The summed E-state index contributed by atoms with van der Waals surface area (Å²) in [6.45, 7) is 1.39. The largest absolute Gasteiger partial charge is 0.497 e. The molecular formula is C17H15N3O5S. The summed E-state index contributed by atoms with van der Waals surface area (Å²) in [5.41, 5.74) is 1.23. The van der Waals surface area contributed by atoms with Crippen molar-refractivity contribution in [1.82, 2.24) is 4.98 Å². The molecule has 134 valence electrons. The Morgan fingerprint density at radius 2 is 2.04 bits per heavy atom. The quantitative estimate of drug-likeness (QED) is 0.523. The van der Waals surface area contributed by atoms with Crippen LogP contribution in [0.5, 0.6) is 11.5 Å². The van der Waals surface area contributed by atoms with Gasteiger partial charge in [0.25, 0.3) is 11.6 Å². The molecule has 0 aliphatic heterocycles. The third kappa shape index (κ3) is 3.89. The summed E-state index contributed by atoms with van der Waals surface area (Å²) in [6, 6.07) is 9.80. The summed E-state index contributed by atoms with van der Waals surface area (Å²) < 4.78 is 11.4. The molecule has 0 spiro atoms. The number of aryl methyl sites for hydroxylation is 1. The SMILES string of the molecule is COc1ccc2nc(NC(=O)COc3ccc([N+](=O)[O-])c(C)c3)sc2c1. The van der Waals surface area contributed by atoms with Crippen LogP contribution in [0.1, 0.15) is 5.56 Å². The summed E-state index contributed by atoms with van der Waals surface area (Å²) in [6.07, 6.45) is 0. The molecule has 0 radical (unpaired) electrons. The topological polar surface area (TPSA) is 104 Å². The van der Waals surface area contributed by atoms with Gasteiger partial charge in [0.1, 0.15) is 11.5 Å². The number of carbonyl (C=O) groups is 1. The Kier molecular flexibility index (Phi) is 4.99. The Balaban J connectivity index is 1.62. The molecule has 1 amide bonds. The van der Waals surface area contributed by atoms with E-state index < -0.39 is 4.92 Å². The molecular weight excluding hydrogens is 358 g/mol. The molecule has 26 heavy (non-hydrogen) atoms. The molecule has 2 aromatic carbocycles. The van der Waals surface area contributed by atoms with Crippen molar-refractivity contribution in [2.24, 2.45) is 0 Å². The molecule has 3 rings (SSSR count). The summed E-state index contributed by atoms with van der Waals surface area (Å²) >= 11 is 1.33. The highest BCUT2D eigenvalue weighted by Gasteiger charge is 2.12. The number of methoxy groups -OCH3 is 1. The average molecular weight is 373 g/mol. The lowest BCUT2D eigenvalue weighted by atomic mass is 10.2. The number of anilines is 1. The lowest BCUT2D eigenvalue weighted by molar-refractivity contribution is -0.385. The predicted molar refractivity (Wildman–Crippen MR) is 98.1 cm³/mol. The van der Waals surface area contributed by atoms with Gasteiger partial charge in [-0.1, -0.05) is 11.3 Å². The van der Waals surface area contributed by atoms with Crippen LogP contribution >= 0.6 is 11.3 Å². The number of nitrogens with zero attached hydrogens (tertiary/aromatic N) is 2. The van der Waals surface area contributed by atoms with E-state index in [-0.39, 0.29) is 18.2 Å². The molecule has 0 bridgehead atoms. The minimum Gasteiger partial charge on any atom is -0.497 e. The highest BCUT2D eigenvalue weighted by molar-refractivity contribution is 7.22. The van der Waals surface area contributed by atoms with Gasteiger partial charge in [-0.25, -0.2) is 4.98 Å². The van der Waals surface area contributed by atoms with Gasteiger partial charge >= 0.3 is 0 Å². The lowest BCUT2D eigenvalue weighted by Gasteiger charge is -2.06. The van der Waals surface area contributed by atoms with Crippen LogP contribution in [0.25, 0.3) is 10.2 Å². The number of thiazole rings is 1. The van der Waals surface area contributed by atoms with Crippen molar-refractivity contribution in [3.8, 4) is 11.5 Å². The molecule has 0 atom stereocenters.